The lowest BCUT2D eigenvalue weighted by atomic mass is 9.98. The average Bonchev–Trinajstić information content (AvgIpc) is 2.46. The minimum atomic E-state index is -1.78. The maximum Gasteiger partial charge on any atom is 0.354 e. The third kappa shape index (κ3) is 1.49. The quantitative estimate of drug-likeness (QED) is 0.514. The molecule has 0 aromatic rings. The van der Waals surface area contributed by atoms with Gasteiger partial charge in [-0.1, -0.05) is 5.16 Å². The van der Waals surface area contributed by atoms with Crippen LogP contribution in [0, 0.1) is 5.92 Å². The van der Waals surface area contributed by atoms with Gasteiger partial charge < -0.3 is 20.2 Å². The van der Waals surface area contributed by atoms with Crippen molar-refractivity contribution in [3.05, 3.63) is 0 Å². The van der Waals surface area contributed by atoms with Crippen molar-refractivity contribution >= 4 is 23.6 Å². The van der Waals surface area contributed by atoms with Crippen LogP contribution in [0.3, 0.4) is 0 Å². The standard InChI is InChI=1S/C6H5NO7/c8-4(9)1-2(5(10)11)7-14-3(1)6(12)13/h1,3H,(H,8,9)(H,10,11)(H,12,13)/t1-,3+/m0/s1. The van der Waals surface area contributed by atoms with Gasteiger partial charge in [-0.2, -0.15) is 0 Å². The van der Waals surface area contributed by atoms with Crippen molar-refractivity contribution in [1.82, 2.24) is 0 Å². The molecule has 0 saturated heterocycles. The van der Waals surface area contributed by atoms with E-state index in [9.17, 15) is 14.4 Å². The van der Waals surface area contributed by atoms with Gasteiger partial charge in [0.2, 0.25) is 6.10 Å². The third-order valence-electron chi connectivity index (χ3n) is 1.59. The lowest BCUT2D eigenvalue weighted by Crippen LogP contribution is -2.39. The van der Waals surface area contributed by atoms with Crippen LogP contribution in [-0.2, 0) is 19.2 Å². The number of rotatable bonds is 3. The lowest BCUT2D eigenvalue weighted by Gasteiger charge is -2.08. The van der Waals surface area contributed by atoms with E-state index in [-0.39, 0.29) is 0 Å². The highest BCUT2D eigenvalue weighted by Crippen LogP contribution is 2.19. The number of oxime groups is 1. The molecule has 0 aromatic heterocycles. The van der Waals surface area contributed by atoms with Crippen molar-refractivity contribution in [2.45, 2.75) is 6.10 Å². The maximum atomic E-state index is 10.5. The van der Waals surface area contributed by atoms with Crippen LogP contribution in [0.25, 0.3) is 0 Å². The van der Waals surface area contributed by atoms with E-state index in [1.54, 1.807) is 0 Å². The Morgan fingerprint density at radius 3 is 2.07 bits per heavy atom. The molecule has 0 aliphatic carbocycles. The zero-order chi connectivity index (χ0) is 10.9. The molecule has 0 radical (unpaired) electrons. The maximum absolute atomic E-state index is 10.5. The number of nitrogens with zero attached hydrogens (tertiary/aromatic N) is 1. The van der Waals surface area contributed by atoms with Gasteiger partial charge in [0.25, 0.3) is 0 Å². The predicted molar refractivity (Wildman–Crippen MR) is 38.7 cm³/mol. The van der Waals surface area contributed by atoms with Crippen molar-refractivity contribution in [2.24, 2.45) is 11.1 Å². The smallest absolute Gasteiger partial charge is 0.354 e. The predicted octanol–water partition coefficient (Wildman–Crippen LogP) is -1.39. The molecule has 1 aliphatic rings. The van der Waals surface area contributed by atoms with Gasteiger partial charge in [-0.15, -0.1) is 0 Å². The third-order valence-corrected chi connectivity index (χ3v) is 1.59. The van der Waals surface area contributed by atoms with Gasteiger partial charge in [-0.3, -0.25) is 4.79 Å². The molecule has 0 fully saturated rings. The second kappa shape index (κ2) is 3.32. The van der Waals surface area contributed by atoms with E-state index < -0.39 is 35.6 Å². The summed E-state index contributed by atoms with van der Waals surface area (Å²) in [6.45, 7) is 0. The Bertz CT molecular complexity index is 333. The van der Waals surface area contributed by atoms with Gasteiger partial charge in [0.1, 0.15) is 0 Å². The molecule has 3 N–H and O–H groups in total. The van der Waals surface area contributed by atoms with Crippen molar-refractivity contribution in [3.8, 4) is 0 Å². The molecule has 1 heterocycles. The average molecular weight is 203 g/mol. The van der Waals surface area contributed by atoms with Crippen molar-refractivity contribution in [1.29, 1.82) is 0 Å². The molecule has 0 unspecified atom stereocenters. The first-order valence-electron chi connectivity index (χ1n) is 3.37. The van der Waals surface area contributed by atoms with E-state index in [2.05, 4.69) is 9.99 Å². The SMILES string of the molecule is O=C(O)C1=NO[C@@H](C(=O)O)[C@H]1C(=O)O. The molecular weight excluding hydrogens is 198 g/mol. The van der Waals surface area contributed by atoms with Crippen LogP contribution in [0.4, 0.5) is 0 Å². The molecule has 0 bridgehead atoms. The summed E-state index contributed by atoms with van der Waals surface area (Å²) in [5.41, 5.74) is -0.815. The molecule has 14 heavy (non-hydrogen) atoms. The highest BCUT2D eigenvalue weighted by Gasteiger charge is 2.47. The molecule has 1 aliphatic heterocycles. The van der Waals surface area contributed by atoms with Crippen molar-refractivity contribution < 1.29 is 34.5 Å². The summed E-state index contributed by atoms with van der Waals surface area (Å²) in [7, 11) is 0. The van der Waals surface area contributed by atoms with Crippen molar-refractivity contribution in [3.63, 3.8) is 0 Å². The second-order valence-corrected chi connectivity index (χ2v) is 2.46. The highest BCUT2D eigenvalue weighted by atomic mass is 16.7. The largest absolute Gasteiger partial charge is 0.481 e. The van der Waals surface area contributed by atoms with Gasteiger partial charge >= 0.3 is 17.9 Å². The molecule has 0 amide bonds. The summed E-state index contributed by atoms with van der Waals surface area (Å²) in [6.07, 6.45) is -1.78. The fourth-order valence-corrected chi connectivity index (χ4v) is 0.981. The summed E-state index contributed by atoms with van der Waals surface area (Å²) < 4.78 is 0. The number of carboxylic acids is 3. The summed E-state index contributed by atoms with van der Waals surface area (Å²) in [5, 5.41) is 28.4. The van der Waals surface area contributed by atoms with Gasteiger partial charge in [0.05, 0.1) is 0 Å². The molecule has 0 aromatic carbocycles. The van der Waals surface area contributed by atoms with Crippen LogP contribution in [0.15, 0.2) is 5.16 Å². The van der Waals surface area contributed by atoms with Gasteiger partial charge in [0, 0.05) is 0 Å². The van der Waals surface area contributed by atoms with E-state index >= 15 is 0 Å². The van der Waals surface area contributed by atoms with Crippen LogP contribution >= 0.6 is 0 Å². The first kappa shape index (κ1) is 9.96. The molecule has 0 spiro atoms. The van der Waals surface area contributed by atoms with Crippen LogP contribution in [0.2, 0.25) is 0 Å². The topological polar surface area (TPSA) is 133 Å². The number of hydrogen-bond donors (Lipinski definition) is 3. The summed E-state index contributed by atoms with van der Waals surface area (Å²) >= 11 is 0. The fraction of sp³-hybridized carbons (Fsp3) is 0.333. The Balaban J connectivity index is 2.98. The van der Waals surface area contributed by atoms with E-state index in [1.165, 1.54) is 0 Å². The van der Waals surface area contributed by atoms with E-state index in [0.717, 1.165) is 0 Å². The Hall–Kier alpha value is -2.12. The molecule has 1 rings (SSSR count). The number of carboxylic acid groups (broad SMARTS) is 3. The Kier molecular flexibility index (Phi) is 2.36. The van der Waals surface area contributed by atoms with Crippen LogP contribution in [0.5, 0.6) is 0 Å². The molecular formula is C6H5NO7. The Labute approximate surface area is 76.4 Å². The first-order chi connectivity index (χ1) is 6.45. The Morgan fingerprint density at radius 1 is 1.14 bits per heavy atom. The number of hydrogen-bond acceptors (Lipinski definition) is 5. The summed E-state index contributed by atoms with van der Waals surface area (Å²) in [6, 6.07) is 0. The molecule has 0 saturated carbocycles. The molecule has 8 heteroatoms. The molecule has 2 atom stereocenters. The van der Waals surface area contributed by atoms with Gasteiger partial charge in [0.15, 0.2) is 11.6 Å². The van der Waals surface area contributed by atoms with Gasteiger partial charge in [-0.25, -0.2) is 9.59 Å². The second-order valence-electron chi connectivity index (χ2n) is 2.46. The van der Waals surface area contributed by atoms with Crippen LogP contribution < -0.4 is 0 Å². The molecule has 8 nitrogen and oxygen atoms in total. The van der Waals surface area contributed by atoms with Crippen LogP contribution in [-0.4, -0.2) is 45.0 Å². The van der Waals surface area contributed by atoms with E-state index in [0.29, 0.717) is 0 Å². The van der Waals surface area contributed by atoms with Crippen molar-refractivity contribution in [2.75, 3.05) is 0 Å². The monoisotopic (exact) mass is 203 g/mol. The minimum absolute atomic E-state index is 0.815. The first-order valence-corrected chi connectivity index (χ1v) is 3.37. The minimum Gasteiger partial charge on any atom is -0.481 e. The summed E-state index contributed by atoms with van der Waals surface area (Å²) in [4.78, 5) is 35.6. The van der Waals surface area contributed by atoms with Gasteiger partial charge in [-0.05, 0) is 0 Å². The zero-order valence-electron chi connectivity index (χ0n) is 6.58. The fourth-order valence-electron chi connectivity index (χ4n) is 0.981. The zero-order valence-corrected chi connectivity index (χ0v) is 6.58. The lowest BCUT2D eigenvalue weighted by molar-refractivity contribution is -0.157. The van der Waals surface area contributed by atoms with E-state index in [4.69, 9.17) is 15.3 Å². The van der Waals surface area contributed by atoms with E-state index in [1.807, 2.05) is 0 Å². The number of carbonyl (C=O) groups is 3. The summed E-state index contributed by atoms with van der Waals surface area (Å²) in [5.74, 6) is -6.56. The highest BCUT2D eigenvalue weighted by molar-refractivity contribution is 6.40. The number of aliphatic carboxylic acids is 3. The molecule has 76 valence electrons. The van der Waals surface area contributed by atoms with Crippen LogP contribution in [0.1, 0.15) is 0 Å². The Morgan fingerprint density at radius 2 is 1.71 bits per heavy atom. The normalized spacial score (nSPS) is 25.0.